The van der Waals surface area contributed by atoms with E-state index >= 15 is 0 Å². The van der Waals surface area contributed by atoms with Gasteiger partial charge < -0.3 is 14.2 Å². The monoisotopic (exact) mass is 501 g/mol. The van der Waals surface area contributed by atoms with E-state index < -0.39 is 30.0 Å². The Morgan fingerprint density at radius 3 is 2.50 bits per heavy atom. The Morgan fingerprint density at radius 1 is 1.14 bits per heavy atom. The molecule has 0 radical (unpaired) electrons. The van der Waals surface area contributed by atoms with Gasteiger partial charge in [0.25, 0.3) is 0 Å². The molecular formula is C25H26F3N5O3. The van der Waals surface area contributed by atoms with E-state index in [-0.39, 0.29) is 6.54 Å². The molecule has 11 heteroatoms. The zero-order valence-corrected chi connectivity index (χ0v) is 20.4. The highest BCUT2D eigenvalue weighted by Crippen LogP contribution is 2.39. The summed E-state index contributed by atoms with van der Waals surface area (Å²) in [5.41, 5.74) is 2.68. The summed E-state index contributed by atoms with van der Waals surface area (Å²) in [5, 5.41) is 4.03. The van der Waals surface area contributed by atoms with Crippen LogP contribution in [0.15, 0.2) is 28.9 Å². The Balaban J connectivity index is 1.49. The zero-order valence-electron chi connectivity index (χ0n) is 20.4. The zero-order chi connectivity index (χ0) is 25.8. The molecule has 0 unspecified atom stereocenters. The van der Waals surface area contributed by atoms with Crippen LogP contribution in [-0.2, 0) is 17.5 Å². The van der Waals surface area contributed by atoms with Crippen molar-refractivity contribution >= 4 is 12.0 Å². The van der Waals surface area contributed by atoms with Gasteiger partial charge in [-0.2, -0.15) is 13.2 Å². The third kappa shape index (κ3) is 4.27. The minimum atomic E-state index is -4.50. The Kier molecular flexibility index (Phi) is 5.88. The van der Waals surface area contributed by atoms with Crippen LogP contribution >= 0.6 is 0 Å². The quantitative estimate of drug-likeness (QED) is 0.465. The second-order valence-corrected chi connectivity index (χ2v) is 9.37. The van der Waals surface area contributed by atoms with E-state index in [0.717, 1.165) is 37.2 Å². The maximum Gasteiger partial charge on any atom is 0.416 e. The molecule has 2 aromatic heterocycles. The molecule has 2 atom stereocenters. The lowest BCUT2D eigenvalue weighted by molar-refractivity contribution is -0.137. The lowest BCUT2D eigenvalue weighted by atomic mass is 9.98. The summed E-state index contributed by atoms with van der Waals surface area (Å²) >= 11 is 0. The molecule has 0 spiro atoms. The van der Waals surface area contributed by atoms with Gasteiger partial charge >= 0.3 is 12.3 Å². The Labute approximate surface area is 206 Å². The molecule has 2 aliphatic rings. The van der Waals surface area contributed by atoms with Gasteiger partial charge in [-0.3, -0.25) is 4.90 Å². The number of aromatic nitrogens is 3. The number of ether oxygens (including phenoxy) is 1. The minimum absolute atomic E-state index is 0.0944. The van der Waals surface area contributed by atoms with Gasteiger partial charge in [0.05, 0.1) is 35.1 Å². The smallest absolute Gasteiger partial charge is 0.416 e. The molecule has 5 rings (SSSR count). The standard InChI is InChI=1S/C25H26F3N5O3/c1-13-8-17(10-18(9-13)25(26,27)28)22-15(3)33(24(34)35-22)12-20-19(21-14(2)31-36-16(21)4)11-29-23(30-20)32-6-5-7-32/h8-11,15,22H,5-7,12H2,1-4H3/t15-,22-/m0/s1. The summed E-state index contributed by atoms with van der Waals surface area (Å²) in [4.78, 5) is 25.8. The molecule has 0 bridgehead atoms. The molecule has 1 amide bonds. The van der Waals surface area contributed by atoms with Crippen LogP contribution in [0.25, 0.3) is 11.1 Å². The van der Waals surface area contributed by atoms with Crippen molar-refractivity contribution < 1.29 is 27.2 Å². The van der Waals surface area contributed by atoms with Crippen LogP contribution in [0.4, 0.5) is 23.9 Å². The number of carbonyl (C=O) groups is 1. The largest absolute Gasteiger partial charge is 0.439 e. The Bertz CT molecular complexity index is 1300. The number of hydrogen-bond acceptors (Lipinski definition) is 7. The molecule has 2 aliphatic heterocycles. The summed E-state index contributed by atoms with van der Waals surface area (Å²) in [5.74, 6) is 1.17. The molecule has 0 N–H and O–H groups in total. The normalized spacial score (nSPS) is 20.0. The molecule has 2 saturated heterocycles. The maximum atomic E-state index is 13.4. The van der Waals surface area contributed by atoms with Crippen LogP contribution in [-0.4, -0.2) is 45.2 Å². The lowest BCUT2D eigenvalue weighted by Crippen LogP contribution is -2.39. The average Bonchev–Trinajstić information content (AvgIpc) is 3.25. The van der Waals surface area contributed by atoms with Crippen molar-refractivity contribution in [3.8, 4) is 11.1 Å². The topological polar surface area (TPSA) is 84.6 Å². The van der Waals surface area contributed by atoms with Crippen LogP contribution in [0, 0.1) is 20.8 Å². The van der Waals surface area contributed by atoms with Crippen molar-refractivity contribution in [2.24, 2.45) is 0 Å². The number of carbonyl (C=O) groups excluding carboxylic acids is 1. The molecule has 0 aliphatic carbocycles. The van der Waals surface area contributed by atoms with E-state index in [1.54, 1.807) is 33.0 Å². The fourth-order valence-corrected chi connectivity index (χ4v) is 4.73. The summed E-state index contributed by atoms with van der Waals surface area (Å²) in [6.45, 7) is 8.76. The molecule has 2 fully saturated rings. The van der Waals surface area contributed by atoms with E-state index in [1.807, 2.05) is 11.8 Å². The van der Waals surface area contributed by atoms with Crippen molar-refractivity contribution in [2.75, 3.05) is 18.0 Å². The first-order valence-electron chi connectivity index (χ1n) is 11.7. The van der Waals surface area contributed by atoms with Crippen LogP contribution in [0.2, 0.25) is 0 Å². The van der Waals surface area contributed by atoms with Crippen molar-refractivity contribution in [2.45, 2.75) is 59.0 Å². The van der Waals surface area contributed by atoms with Gasteiger partial charge in [0.15, 0.2) is 0 Å². The summed E-state index contributed by atoms with van der Waals surface area (Å²) in [6, 6.07) is 3.22. The van der Waals surface area contributed by atoms with Gasteiger partial charge in [-0.15, -0.1) is 0 Å². The maximum absolute atomic E-state index is 13.4. The average molecular weight is 502 g/mol. The van der Waals surface area contributed by atoms with Gasteiger partial charge in [0.2, 0.25) is 5.95 Å². The highest BCUT2D eigenvalue weighted by Gasteiger charge is 2.42. The summed E-state index contributed by atoms with van der Waals surface area (Å²) < 4.78 is 51.1. The van der Waals surface area contributed by atoms with E-state index in [9.17, 15) is 18.0 Å². The van der Waals surface area contributed by atoms with E-state index in [4.69, 9.17) is 14.2 Å². The fraction of sp³-hybridized carbons (Fsp3) is 0.440. The lowest BCUT2D eigenvalue weighted by Gasteiger charge is -2.31. The van der Waals surface area contributed by atoms with Crippen LogP contribution < -0.4 is 4.90 Å². The first-order chi connectivity index (χ1) is 17.0. The Morgan fingerprint density at radius 2 is 1.89 bits per heavy atom. The van der Waals surface area contributed by atoms with E-state index in [1.165, 1.54) is 4.90 Å². The van der Waals surface area contributed by atoms with Gasteiger partial charge in [-0.05, 0) is 51.8 Å². The highest BCUT2D eigenvalue weighted by molar-refractivity contribution is 5.73. The third-order valence-corrected chi connectivity index (χ3v) is 6.76. The summed E-state index contributed by atoms with van der Waals surface area (Å²) in [7, 11) is 0. The highest BCUT2D eigenvalue weighted by atomic mass is 19.4. The van der Waals surface area contributed by atoms with E-state index in [0.29, 0.717) is 39.8 Å². The van der Waals surface area contributed by atoms with Gasteiger partial charge in [-0.25, -0.2) is 14.8 Å². The van der Waals surface area contributed by atoms with E-state index in [2.05, 4.69) is 10.1 Å². The van der Waals surface area contributed by atoms with Crippen molar-refractivity contribution in [3.05, 3.63) is 58.2 Å². The number of amides is 1. The van der Waals surface area contributed by atoms with Crippen LogP contribution in [0.5, 0.6) is 0 Å². The minimum Gasteiger partial charge on any atom is -0.439 e. The van der Waals surface area contributed by atoms with Crippen LogP contribution in [0.3, 0.4) is 0 Å². The van der Waals surface area contributed by atoms with Gasteiger partial charge in [-0.1, -0.05) is 16.8 Å². The number of hydrogen-bond donors (Lipinski definition) is 0. The number of cyclic esters (lactones) is 1. The van der Waals surface area contributed by atoms with Crippen molar-refractivity contribution in [3.63, 3.8) is 0 Å². The van der Waals surface area contributed by atoms with Crippen molar-refractivity contribution in [1.29, 1.82) is 0 Å². The molecule has 8 nitrogen and oxygen atoms in total. The molecule has 36 heavy (non-hydrogen) atoms. The Hall–Kier alpha value is -3.63. The third-order valence-electron chi connectivity index (χ3n) is 6.76. The predicted octanol–water partition coefficient (Wildman–Crippen LogP) is 5.37. The predicted molar refractivity (Wildman–Crippen MR) is 124 cm³/mol. The second kappa shape index (κ2) is 8.79. The first-order valence-corrected chi connectivity index (χ1v) is 11.7. The molecule has 0 saturated carbocycles. The molecule has 190 valence electrons. The molecule has 3 aromatic rings. The second-order valence-electron chi connectivity index (χ2n) is 9.37. The fourth-order valence-electron chi connectivity index (χ4n) is 4.73. The van der Waals surface area contributed by atoms with Crippen LogP contribution in [0.1, 0.15) is 53.3 Å². The number of alkyl halides is 3. The SMILES string of the molecule is Cc1cc([C@H]2OC(=O)N(Cc3nc(N4CCC4)ncc3-c3c(C)noc3C)[C@H]2C)cc(C(F)(F)F)c1. The van der Waals surface area contributed by atoms with Gasteiger partial charge in [0.1, 0.15) is 11.9 Å². The molecular weight excluding hydrogens is 475 g/mol. The first kappa shape index (κ1) is 24.1. The summed E-state index contributed by atoms with van der Waals surface area (Å²) in [6.07, 6.45) is -3.20. The number of anilines is 1. The number of benzene rings is 1. The van der Waals surface area contributed by atoms with Crippen molar-refractivity contribution in [1.82, 2.24) is 20.0 Å². The molecule has 1 aromatic carbocycles. The van der Waals surface area contributed by atoms with Gasteiger partial charge in [0, 0.05) is 24.8 Å². The number of nitrogens with zero attached hydrogens (tertiary/aromatic N) is 5. The molecule has 4 heterocycles. The number of aryl methyl sites for hydroxylation is 3. The number of rotatable bonds is 5. The number of halogens is 3.